The lowest BCUT2D eigenvalue weighted by Gasteiger charge is -2.32. The Balaban J connectivity index is 1.55. The van der Waals surface area contributed by atoms with Crippen LogP contribution in [0, 0.1) is 12.8 Å². The van der Waals surface area contributed by atoms with Gasteiger partial charge in [0.15, 0.2) is 0 Å². The summed E-state index contributed by atoms with van der Waals surface area (Å²) in [6.45, 7) is 6.34. The molecule has 4 heterocycles. The summed E-state index contributed by atoms with van der Waals surface area (Å²) in [5.41, 5.74) is 3.04. The lowest BCUT2D eigenvalue weighted by Crippen LogP contribution is -2.37. The van der Waals surface area contributed by atoms with Crippen LogP contribution < -0.4 is 10.5 Å². The molecule has 8 heteroatoms. The number of piperidine rings is 1. The first-order valence-corrected chi connectivity index (χ1v) is 12.7. The summed E-state index contributed by atoms with van der Waals surface area (Å²) in [6.07, 6.45) is 5.62. The number of benzene rings is 1. The lowest BCUT2D eigenvalue weighted by atomic mass is 10.00. The lowest BCUT2D eigenvalue weighted by molar-refractivity contribution is -0.122. The molecule has 3 aromatic rings. The molecule has 2 aromatic heterocycles. The third kappa shape index (κ3) is 4.40. The molecule has 2 saturated heterocycles. The number of thiocarbonyl (C=S) groups is 1. The van der Waals surface area contributed by atoms with Gasteiger partial charge in [-0.2, -0.15) is 0 Å². The minimum absolute atomic E-state index is 0.175. The second-order valence-corrected chi connectivity index (χ2v) is 10.7. The molecule has 1 amide bonds. The minimum Gasteiger partial charge on any atom is -0.356 e. The fourth-order valence-corrected chi connectivity index (χ4v) is 5.72. The molecule has 1 atom stereocenters. The summed E-state index contributed by atoms with van der Waals surface area (Å²) in [5, 5.41) is 0. The molecule has 1 unspecified atom stereocenters. The van der Waals surface area contributed by atoms with Crippen molar-refractivity contribution in [3.05, 3.63) is 80.6 Å². The van der Waals surface area contributed by atoms with Gasteiger partial charge in [0.1, 0.15) is 15.8 Å². The summed E-state index contributed by atoms with van der Waals surface area (Å²) >= 11 is 6.78. The fourth-order valence-electron chi connectivity index (χ4n) is 4.48. The van der Waals surface area contributed by atoms with Crippen molar-refractivity contribution in [3.8, 4) is 0 Å². The molecule has 0 spiro atoms. The van der Waals surface area contributed by atoms with Gasteiger partial charge in [0.05, 0.1) is 17.0 Å². The Hall–Kier alpha value is -2.97. The Labute approximate surface area is 208 Å². The Kier molecular flexibility index (Phi) is 6.27. The maximum Gasteiger partial charge on any atom is 0.267 e. The normalized spacial score (nSPS) is 20.1. The molecule has 174 valence electrons. The Morgan fingerprint density at radius 3 is 2.74 bits per heavy atom. The van der Waals surface area contributed by atoms with E-state index in [1.165, 1.54) is 16.2 Å². The Bertz CT molecular complexity index is 1360. The SMILES string of the molecule is Cc1ccc(CN2C(=O)/C(=C/c3c(N4CCCC(C)C4)nc4ccccn4c3=O)SC2=S)cc1. The van der Waals surface area contributed by atoms with E-state index in [9.17, 15) is 9.59 Å². The van der Waals surface area contributed by atoms with E-state index in [-0.39, 0.29) is 11.5 Å². The van der Waals surface area contributed by atoms with Gasteiger partial charge in [-0.05, 0) is 49.5 Å². The van der Waals surface area contributed by atoms with Gasteiger partial charge >= 0.3 is 0 Å². The van der Waals surface area contributed by atoms with E-state index >= 15 is 0 Å². The standard InChI is InChI=1S/C26H26N4O2S2/c1-17-8-10-19(11-9-17)16-30-25(32)21(34-26(30)33)14-20-23(28-12-5-6-18(2)15-28)27-22-7-3-4-13-29(22)24(20)31/h3-4,7-11,13-14,18H,5-6,12,15-16H2,1-2H3/b21-14-. The second kappa shape index (κ2) is 9.35. The van der Waals surface area contributed by atoms with Crippen LogP contribution in [-0.2, 0) is 11.3 Å². The van der Waals surface area contributed by atoms with Gasteiger partial charge in [-0.1, -0.05) is 66.8 Å². The van der Waals surface area contributed by atoms with E-state index in [1.807, 2.05) is 49.4 Å². The number of hydrogen-bond donors (Lipinski definition) is 0. The number of carbonyl (C=O) groups excluding carboxylic acids is 1. The zero-order chi connectivity index (χ0) is 23.8. The number of aromatic nitrogens is 2. The van der Waals surface area contributed by atoms with E-state index in [2.05, 4.69) is 11.8 Å². The number of nitrogens with zero attached hydrogens (tertiary/aromatic N) is 4. The number of fused-ring (bicyclic) bond motifs is 1. The molecular formula is C26H26N4O2S2. The summed E-state index contributed by atoms with van der Waals surface area (Å²) in [5.74, 6) is 0.989. The molecule has 34 heavy (non-hydrogen) atoms. The van der Waals surface area contributed by atoms with Gasteiger partial charge in [-0.25, -0.2) is 4.98 Å². The van der Waals surface area contributed by atoms with Crippen LogP contribution in [0.15, 0.2) is 58.4 Å². The van der Waals surface area contributed by atoms with Gasteiger partial charge in [0, 0.05) is 19.3 Å². The van der Waals surface area contributed by atoms with Crippen LogP contribution in [0.3, 0.4) is 0 Å². The molecule has 0 radical (unpaired) electrons. The van der Waals surface area contributed by atoms with Crippen LogP contribution in [-0.4, -0.2) is 37.6 Å². The quantitative estimate of drug-likeness (QED) is 0.392. The predicted octanol–water partition coefficient (Wildman–Crippen LogP) is 4.64. The highest BCUT2D eigenvalue weighted by atomic mass is 32.2. The number of amides is 1. The maximum absolute atomic E-state index is 13.5. The van der Waals surface area contributed by atoms with E-state index in [4.69, 9.17) is 17.2 Å². The van der Waals surface area contributed by atoms with Crippen LogP contribution in [0.1, 0.15) is 36.5 Å². The highest BCUT2D eigenvalue weighted by Crippen LogP contribution is 2.35. The van der Waals surface area contributed by atoms with Crippen molar-refractivity contribution in [1.29, 1.82) is 0 Å². The Morgan fingerprint density at radius 1 is 1.18 bits per heavy atom. The summed E-state index contributed by atoms with van der Waals surface area (Å²) in [7, 11) is 0. The largest absolute Gasteiger partial charge is 0.356 e. The van der Waals surface area contributed by atoms with Gasteiger partial charge in [-0.15, -0.1) is 0 Å². The molecule has 5 rings (SSSR count). The number of anilines is 1. The van der Waals surface area contributed by atoms with Crippen LogP contribution in [0.5, 0.6) is 0 Å². The van der Waals surface area contributed by atoms with Crippen molar-refractivity contribution >= 4 is 51.7 Å². The van der Waals surface area contributed by atoms with Crippen LogP contribution in [0.4, 0.5) is 5.82 Å². The predicted molar refractivity (Wildman–Crippen MR) is 142 cm³/mol. The van der Waals surface area contributed by atoms with Crippen LogP contribution in [0.25, 0.3) is 11.7 Å². The van der Waals surface area contributed by atoms with Gasteiger partial charge in [0.2, 0.25) is 0 Å². The molecule has 6 nitrogen and oxygen atoms in total. The first-order chi connectivity index (χ1) is 16.4. The first kappa shape index (κ1) is 22.8. The monoisotopic (exact) mass is 490 g/mol. The number of aryl methyl sites for hydroxylation is 1. The molecule has 0 aliphatic carbocycles. The summed E-state index contributed by atoms with van der Waals surface area (Å²) in [6, 6.07) is 13.6. The maximum atomic E-state index is 13.5. The number of pyridine rings is 1. The second-order valence-electron chi connectivity index (χ2n) is 9.03. The van der Waals surface area contributed by atoms with E-state index in [0.717, 1.165) is 37.1 Å². The number of rotatable bonds is 4. The summed E-state index contributed by atoms with van der Waals surface area (Å²) < 4.78 is 2.04. The topological polar surface area (TPSA) is 57.9 Å². The molecule has 0 N–H and O–H groups in total. The zero-order valence-electron chi connectivity index (χ0n) is 19.2. The van der Waals surface area contributed by atoms with Gasteiger partial charge in [0.25, 0.3) is 11.5 Å². The van der Waals surface area contributed by atoms with Crippen LogP contribution in [0.2, 0.25) is 0 Å². The van der Waals surface area contributed by atoms with E-state index in [0.29, 0.717) is 38.7 Å². The van der Waals surface area contributed by atoms with Gasteiger partial charge in [-0.3, -0.25) is 18.9 Å². The van der Waals surface area contributed by atoms with E-state index < -0.39 is 0 Å². The molecule has 2 aliphatic rings. The van der Waals surface area contributed by atoms with Crippen molar-refractivity contribution in [1.82, 2.24) is 14.3 Å². The fraction of sp³-hybridized carbons (Fsp3) is 0.308. The van der Waals surface area contributed by atoms with Crippen molar-refractivity contribution < 1.29 is 4.79 Å². The number of hydrogen-bond acceptors (Lipinski definition) is 6. The number of carbonyl (C=O) groups is 1. The van der Waals surface area contributed by atoms with E-state index in [1.54, 1.807) is 17.2 Å². The molecule has 1 aromatic carbocycles. The van der Waals surface area contributed by atoms with Crippen molar-refractivity contribution in [3.63, 3.8) is 0 Å². The van der Waals surface area contributed by atoms with Crippen molar-refractivity contribution in [2.24, 2.45) is 5.92 Å². The molecular weight excluding hydrogens is 464 g/mol. The molecule has 0 saturated carbocycles. The van der Waals surface area contributed by atoms with Crippen molar-refractivity contribution in [2.45, 2.75) is 33.2 Å². The smallest absolute Gasteiger partial charge is 0.267 e. The highest BCUT2D eigenvalue weighted by molar-refractivity contribution is 8.26. The Morgan fingerprint density at radius 2 is 1.97 bits per heavy atom. The number of thioether (sulfide) groups is 1. The highest BCUT2D eigenvalue weighted by Gasteiger charge is 2.33. The minimum atomic E-state index is -0.178. The average Bonchev–Trinajstić information content (AvgIpc) is 3.09. The molecule has 2 aliphatic heterocycles. The molecule has 2 fully saturated rings. The van der Waals surface area contributed by atoms with Crippen molar-refractivity contribution in [2.75, 3.05) is 18.0 Å². The zero-order valence-corrected chi connectivity index (χ0v) is 20.9. The third-order valence-corrected chi connectivity index (χ3v) is 7.69. The van der Waals surface area contributed by atoms with Gasteiger partial charge < -0.3 is 4.90 Å². The molecule has 0 bridgehead atoms. The average molecular weight is 491 g/mol. The first-order valence-electron chi connectivity index (χ1n) is 11.5. The summed E-state index contributed by atoms with van der Waals surface area (Å²) in [4.78, 5) is 35.9. The third-order valence-electron chi connectivity index (χ3n) is 6.32. The van der Waals surface area contributed by atoms with Crippen LogP contribution >= 0.6 is 24.0 Å².